The van der Waals surface area contributed by atoms with Crippen LogP contribution in [0.2, 0.25) is 10.0 Å². The van der Waals surface area contributed by atoms with Crippen molar-refractivity contribution < 1.29 is 27.9 Å². The lowest BCUT2D eigenvalue weighted by molar-refractivity contribution is -0.153. The number of hydrogen-bond acceptors (Lipinski definition) is 5. The lowest BCUT2D eigenvalue weighted by Crippen LogP contribution is -2.46. The molecule has 8 nitrogen and oxygen atoms in total. The van der Waals surface area contributed by atoms with Crippen molar-refractivity contribution in [3.63, 3.8) is 0 Å². The molecule has 4 rings (SSSR count). The summed E-state index contributed by atoms with van der Waals surface area (Å²) in [6, 6.07) is 5.04. The number of benzene rings is 1. The summed E-state index contributed by atoms with van der Waals surface area (Å²) in [6.07, 6.45) is -5.11. The van der Waals surface area contributed by atoms with E-state index in [4.69, 9.17) is 23.2 Å². The predicted octanol–water partition coefficient (Wildman–Crippen LogP) is 3.86. The van der Waals surface area contributed by atoms with E-state index in [9.17, 15) is 32.7 Å². The summed E-state index contributed by atoms with van der Waals surface area (Å²) >= 11 is 12.7. The summed E-state index contributed by atoms with van der Waals surface area (Å²) < 4.78 is 41.0. The molecule has 1 aliphatic rings. The van der Waals surface area contributed by atoms with Gasteiger partial charge in [-0.05, 0) is 30.7 Å². The third kappa shape index (κ3) is 4.78. The van der Waals surface area contributed by atoms with Crippen LogP contribution in [-0.2, 0) is 4.79 Å². The summed E-state index contributed by atoms with van der Waals surface area (Å²) in [5.41, 5.74) is -1.37. The minimum absolute atomic E-state index is 0.00917. The molecular weight excluding hydrogens is 524 g/mol. The fourth-order valence-corrected chi connectivity index (χ4v) is 4.54. The van der Waals surface area contributed by atoms with Crippen molar-refractivity contribution in [2.24, 2.45) is 0 Å². The number of carbonyl (C=O) groups excluding carboxylic acids is 2. The Morgan fingerprint density at radius 3 is 2.44 bits per heavy atom. The molecule has 0 spiro atoms. The highest BCUT2D eigenvalue weighted by Crippen LogP contribution is 2.31. The van der Waals surface area contributed by atoms with Gasteiger partial charge in [-0.15, -0.1) is 0 Å². The predicted molar refractivity (Wildman–Crippen MR) is 128 cm³/mol. The van der Waals surface area contributed by atoms with E-state index in [0.717, 1.165) is 6.20 Å². The molecule has 13 heteroatoms. The summed E-state index contributed by atoms with van der Waals surface area (Å²) in [6.45, 7) is 1.24. The Morgan fingerprint density at radius 2 is 1.89 bits per heavy atom. The Morgan fingerprint density at radius 1 is 1.22 bits per heavy atom. The molecule has 3 aromatic rings. The molecule has 1 fully saturated rings. The number of carbonyl (C=O) groups is 2. The summed E-state index contributed by atoms with van der Waals surface area (Å²) in [7, 11) is 0. The zero-order valence-electron chi connectivity index (χ0n) is 18.6. The number of rotatable bonds is 5. The topological polar surface area (TPSA) is 105 Å². The number of pyridine rings is 2. The van der Waals surface area contributed by atoms with Gasteiger partial charge in [0.15, 0.2) is 5.65 Å². The van der Waals surface area contributed by atoms with Gasteiger partial charge in [0.05, 0.1) is 40.2 Å². The quantitative estimate of drug-likeness (QED) is 0.509. The first kappa shape index (κ1) is 25.9. The monoisotopic (exact) mass is 542 g/mol. The number of nitrogens with zero attached hydrogens (tertiary/aromatic N) is 3. The van der Waals surface area contributed by atoms with E-state index < -0.39 is 41.6 Å². The van der Waals surface area contributed by atoms with Crippen LogP contribution >= 0.6 is 23.2 Å². The van der Waals surface area contributed by atoms with E-state index in [0.29, 0.717) is 0 Å². The van der Waals surface area contributed by atoms with Crippen LogP contribution in [0.1, 0.15) is 30.1 Å². The smallest absolute Gasteiger partial charge is 0.391 e. The summed E-state index contributed by atoms with van der Waals surface area (Å²) in [5, 5.41) is 11.8. The zero-order valence-corrected chi connectivity index (χ0v) is 20.2. The number of β-amino-alcohol motifs (C(OH)–C–C–N with tert-alkyl or cyclic N) is 1. The van der Waals surface area contributed by atoms with Gasteiger partial charge in [-0.3, -0.25) is 23.9 Å². The number of fused-ring (bicyclic) bond motifs is 1. The molecule has 0 aliphatic carbocycles. The number of halogens is 5. The fourth-order valence-electron chi connectivity index (χ4n) is 3.96. The molecule has 2 atom stereocenters. The van der Waals surface area contributed by atoms with Crippen molar-refractivity contribution in [1.29, 1.82) is 0 Å². The maximum Gasteiger partial charge on any atom is 0.408 e. The third-order valence-electron chi connectivity index (χ3n) is 5.75. The summed E-state index contributed by atoms with van der Waals surface area (Å²) in [4.78, 5) is 44.0. The molecule has 3 heterocycles. The van der Waals surface area contributed by atoms with Gasteiger partial charge in [-0.1, -0.05) is 36.2 Å². The molecule has 36 heavy (non-hydrogen) atoms. The first-order valence-electron chi connectivity index (χ1n) is 10.8. The van der Waals surface area contributed by atoms with E-state index in [-0.39, 0.29) is 51.5 Å². The second-order valence-electron chi connectivity index (χ2n) is 8.19. The van der Waals surface area contributed by atoms with Crippen molar-refractivity contribution in [2.75, 3.05) is 11.4 Å². The third-order valence-corrected chi connectivity index (χ3v) is 6.36. The van der Waals surface area contributed by atoms with Crippen LogP contribution in [0.15, 0.2) is 41.3 Å². The van der Waals surface area contributed by atoms with Crippen molar-refractivity contribution in [3.05, 3.63) is 62.4 Å². The van der Waals surface area contributed by atoms with Gasteiger partial charge >= 0.3 is 6.18 Å². The van der Waals surface area contributed by atoms with Crippen molar-refractivity contribution >= 4 is 51.9 Å². The van der Waals surface area contributed by atoms with Crippen LogP contribution in [0.5, 0.6) is 0 Å². The molecule has 2 N–H and O–H groups in total. The van der Waals surface area contributed by atoms with Gasteiger partial charge in [0.25, 0.3) is 5.91 Å². The highest BCUT2D eigenvalue weighted by molar-refractivity contribution is 6.37. The minimum atomic E-state index is -4.71. The van der Waals surface area contributed by atoms with E-state index in [1.54, 1.807) is 6.07 Å². The van der Waals surface area contributed by atoms with E-state index in [1.165, 1.54) is 40.7 Å². The van der Waals surface area contributed by atoms with Gasteiger partial charge in [0.1, 0.15) is 17.4 Å². The largest absolute Gasteiger partial charge is 0.408 e. The van der Waals surface area contributed by atoms with Crippen LogP contribution in [-0.4, -0.2) is 51.3 Å². The van der Waals surface area contributed by atoms with Gasteiger partial charge in [0, 0.05) is 6.20 Å². The average molecular weight is 543 g/mol. The van der Waals surface area contributed by atoms with Crippen LogP contribution in [0.25, 0.3) is 16.7 Å². The SMILES string of the molecule is CC[C@@H](NC(=O)c1cn(-c2c(Cl)cccc2Cl)c2nc(N3C[C@@H](O)CC3=O)ccc2c1=O)C(F)(F)F. The maximum atomic E-state index is 13.3. The number of amides is 2. The van der Waals surface area contributed by atoms with Gasteiger partial charge in [-0.2, -0.15) is 13.2 Å². The molecule has 190 valence electrons. The highest BCUT2D eigenvalue weighted by atomic mass is 35.5. The second-order valence-corrected chi connectivity index (χ2v) is 9.01. The van der Waals surface area contributed by atoms with E-state index in [2.05, 4.69) is 4.98 Å². The molecule has 2 amide bonds. The van der Waals surface area contributed by atoms with Crippen LogP contribution < -0.4 is 15.6 Å². The number of aliphatic hydroxyl groups is 1. The Labute approximate surface area is 212 Å². The van der Waals surface area contributed by atoms with E-state index in [1.807, 2.05) is 5.32 Å². The minimum Gasteiger partial charge on any atom is -0.391 e. The number of aliphatic hydroxyl groups excluding tert-OH is 1. The number of hydrogen-bond donors (Lipinski definition) is 2. The molecule has 0 bridgehead atoms. The van der Waals surface area contributed by atoms with Gasteiger partial charge < -0.3 is 10.4 Å². The molecule has 2 aromatic heterocycles. The Balaban J connectivity index is 1.95. The first-order chi connectivity index (χ1) is 16.9. The van der Waals surface area contributed by atoms with Crippen LogP contribution in [0.3, 0.4) is 0 Å². The Bertz CT molecular complexity index is 1410. The fraction of sp³-hybridized carbons (Fsp3) is 0.304. The average Bonchev–Trinajstić information content (AvgIpc) is 3.15. The number of aromatic nitrogens is 2. The Kier molecular flexibility index (Phi) is 7.00. The first-order valence-corrected chi connectivity index (χ1v) is 11.5. The van der Waals surface area contributed by atoms with Crippen molar-refractivity contribution in [2.45, 2.75) is 38.1 Å². The normalized spacial score (nSPS) is 17.0. The number of para-hydroxylation sites is 1. The highest BCUT2D eigenvalue weighted by Gasteiger charge is 2.40. The maximum absolute atomic E-state index is 13.3. The molecule has 1 aromatic carbocycles. The number of nitrogens with one attached hydrogen (secondary N) is 1. The Hall–Kier alpha value is -3.15. The van der Waals surface area contributed by atoms with Crippen LogP contribution in [0, 0.1) is 0 Å². The second kappa shape index (κ2) is 9.72. The molecule has 0 saturated carbocycles. The van der Waals surface area contributed by atoms with Crippen molar-refractivity contribution in [1.82, 2.24) is 14.9 Å². The summed E-state index contributed by atoms with van der Waals surface area (Å²) in [5.74, 6) is -1.49. The number of alkyl halides is 3. The van der Waals surface area contributed by atoms with E-state index >= 15 is 0 Å². The lowest BCUT2D eigenvalue weighted by atomic mass is 10.1. The lowest BCUT2D eigenvalue weighted by Gasteiger charge is -2.21. The standard InChI is InChI=1S/C23H19Cl2F3N4O4/c1-2-16(23(26,27)28)29-22(36)13-10-32(19-14(24)4-3-5-15(19)25)21-12(20(13)35)6-7-17(30-21)31-9-11(33)8-18(31)34/h3-7,10-11,16,33H,2,8-9H2,1H3,(H,29,36)/t11-,16+/m0/s1. The number of anilines is 1. The zero-order chi connectivity index (χ0) is 26.4. The van der Waals surface area contributed by atoms with Gasteiger partial charge in [0.2, 0.25) is 11.3 Å². The molecule has 0 radical (unpaired) electrons. The van der Waals surface area contributed by atoms with Crippen molar-refractivity contribution in [3.8, 4) is 5.69 Å². The molecule has 0 unspecified atom stereocenters. The molecule has 1 aliphatic heterocycles. The van der Waals surface area contributed by atoms with Gasteiger partial charge in [-0.25, -0.2) is 4.98 Å². The van der Waals surface area contributed by atoms with Crippen LogP contribution in [0.4, 0.5) is 19.0 Å². The molecular formula is C23H19Cl2F3N4O4. The molecule has 1 saturated heterocycles.